The van der Waals surface area contributed by atoms with Crippen LogP contribution in [0.3, 0.4) is 0 Å². The number of hydrogen-bond acceptors (Lipinski definition) is 4. The molecule has 3 aromatic rings. The second-order valence-corrected chi connectivity index (χ2v) is 7.44. The monoisotopic (exact) mass is 396 g/mol. The van der Waals surface area contributed by atoms with Crippen LogP contribution in [0.4, 0.5) is 4.39 Å². The average molecular weight is 396 g/mol. The topological polar surface area (TPSA) is 52.0 Å². The lowest BCUT2D eigenvalue weighted by atomic mass is 10.0. The van der Waals surface area contributed by atoms with Crippen LogP contribution >= 0.6 is 11.8 Å². The molecule has 0 aliphatic carbocycles. The Labute approximate surface area is 167 Å². The van der Waals surface area contributed by atoms with E-state index >= 15 is 0 Å². The summed E-state index contributed by atoms with van der Waals surface area (Å²) in [5.74, 6) is 0.124. The van der Waals surface area contributed by atoms with Crippen molar-refractivity contribution >= 4 is 17.5 Å². The van der Waals surface area contributed by atoms with Crippen molar-refractivity contribution in [2.75, 3.05) is 0 Å². The highest BCUT2D eigenvalue weighted by Gasteiger charge is 2.12. The lowest BCUT2D eigenvalue weighted by Gasteiger charge is -2.11. The summed E-state index contributed by atoms with van der Waals surface area (Å²) in [5.41, 5.74) is 3.54. The number of aryl methyl sites for hydroxylation is 1. The second kappa shape index (κ2) is 8.52. The summed E-state index contributed by atoms with van der Waals surface area (Å²) in [5, 5.41) is 0.672. The molecular formula is C22H21FN2O2S. The van der Waals surface area contributed by atoms with Crippen molar-refractivity contribution in [3.8, 4) is 0 Å². The minimum Gasteiger partial charge on any atom is -0.291 e. The van der Waals surface area contributed by atoms with Crippen LogP contribution in [0.15, 0.2) is 58.5 Å². The number of thioether (sulfide) groups is 1. The molecule has 144 valence electrons. The summed E-state index contributed by atoms with van der Waals surface area (Å²) in [4.78, 5) is 29.4. The molecule has 0 saturated heterocycles. The molecule has 0 fully saturated rings. The van der Waals surface area contributed by atoms with Crippen molar-refractivity contribution in [3.63, 3.8) is 0 Å². The van der Waals surface area contributed by atoms with Crippen molar-refractivity contribution < 1.29 is 9.18 Å². The molecule has 0 spiro atoms. The van der Waals surface area contributed by atoms with Gasteiger partial charge in [0.15, 0.2) is 10.9 Å². The van der Waals surface area contributed by atoms with Gasteiger partial charge in [-0.2, -0.15) is 0 Å². The van der Waals surface area contributed by atoms with Crippen LogP contribution in [0.25, 0.3) is 0 Å². The number of carbonyl (C=O) groups excluding carboxylic acids is 1. The van der Waals surface area contributed by atoms with Gasteiger partial charge in [0, 0.05) is 35.2 Å². The zero-order valence-electron chi connectivity index (χ0n) is 16.0. The van der Waals surface area contributed by atoms with Crippen LogP contribution in [0.1, 0.15) is 39.7 Å². The van der Waals surface area contributed by atoms with E-state index in [2.05, 4.69) is 4.98 Å². The summed E-state index contributed by atoms with van der Waals surface area (Å²) in [6, 6.07) is 12.8. The fourth-order valence-corrected chi connectivity index (χ4v) is 3.90. The fourth-order valence-electron chi connectivity index (χ4n) is 2.93. The minimum absolute atomic E-state index is 0.00209. The highest BCUT2D eigenvalue weighted by atomic mass is 32.2. The van der Waals surface area contributed by atoms with Crippen LogP contribution in [-0.2, 0) is 19.2 Å². The molecule has 0 N–H and O–H groups in total. The zero-order valence-corrected chi connectivity index (χ0v) is 16.8. The molecule has 0 bridgehead atoms. The van der Waals surface area contributed by atoms with Gasteiger partial charge in [-0.05, 0) is 43.2 Å². The molecule has 3 rings (SSSR count). The molecule has 0 aliphatic heterocycles. The number of rotatable bonds is 6. The van der Waals surface area contributed by atoms with Gasteiger partial charge >= 0.3 is 0 Å². The number of benzene rings is 2. The summed E-state index contributed by atoms with van der Waals surface area (Å²) in [6.07, 6.45) is 0.667. The van der Waals surface area contributed by atoms with Crippen molar-refractivity contribution in [1.82, 2.24) is 9.55 Å². The SMILES string of the molecule is CCc1c(C)nc(SCc2ccc(C(=O)c3ccc(F)cc3)cc2)n(C)c1=O. The molecular weight excluding hydrogens is 375 g/mol. The van der Waals surface area contributed by atoms with Crippen LogP contribution in [0, 0.1) is 12.7 Å². The molecule has 0 atom stereocenters. The van der Waals surface area contributed by atoms with Crippen molar-refractivity contribution in [1.29, 1.82) is 0 Å². The Morgan fingerprint density at radius 2 is 1.64 bits per heavy atom. The highest BCUT2D eigenvalue weighted by molar-refractivity contribution is 7.98. The Bertz CT molecular complexity index is 1060. The van der Waals surface area contributed by atoms with E-state index in [0.29, 0.717) is 28.5 Å². The molecule has 0 saturated carbocycles. The van der Waals surface area contributed by atoms with Gasteiger partial charge in [0.1, 0.15) is 5.82 Å². The van der Waals surface area contributed by atoms with Gasteiger partial charge in [0.05, 0.1) is 0 Å². The van der Waals surface area contributed by atoms with Gasteiger partial charge < -0.3 is 0 Å². The standard InChI is InChI=1S/C22H21FN2O2S/c1-4-19-14(2)24-22(25(3)21(19)27)28-13-15-5-7-16(8-6-15)20(26)17-9-11-18(23)12-10-17/h5-12H,4,13H2,1-3H3. The Morgan fingerprint density at radius 3 is 2.21 bits per heavy atom. The van der Waals surface area contributed by atoms with Gasteiger partial charge in [-0.15, -0.1) is 0 Å². The first-order valence-corrected chi connectivity index (χ1v) is 9.97. The average Bonchev–Trinajstić information content (AvgIpc) is 2.70. The molecule has 0 unspecified atom stereocenters. The lowest BCUT2D eigenvalue weighted by Crippen LogP contribution is -2.25. The van der Waals surface area contributed by atoms with E-state index in [1.165, 1.54) is 36.0 Å². The maximum Gasteiger partial charge on any atom is 0.257 e. The van der Waals surface area contributed by atoms with Gasteiger partial charge in [-0.3, -0.25) is 14.2 Å². The summed E-state index contributed by atoms with van der Waals surface area (Å²) in [7, 11) is 1.74. The largest absolute Gasteiger partial charge is 0.291 e. The van der Waals surface area contributed by atoms with E-state index in [9.17, 15) is 14.0 Å². The second-order valence-electron chi connectivity index (χ2n) is 6.50. The van der Waals surface area contributed by atoms with Gasteiger partial charge in [0.25, 0.3) is 5.56 Å². The van der Waals surface area contributed by atoms with Crippen LogP contribution in [-0.4, -0.2) is 15.3 Å². The van der Waals surface area contributed by atoms with Gasteiger partial charge in [-0.1, -0.05) is 43.0 Å². The van der Waals surface area contributed by atoms with E-state index in [4.69, 9.17) is 0 Å². The molecule has 2 aromatic carbocycles. The summed E-state index contributed by atoms with van der Waals surface area (Å²) >= 11 is 1.49. The van der Waals surface area contributed by atoms with E-state index in [1.807, 2.05) is 26.0 Å². The number of ketones is 1. The summed E-state index contributed by atoms with van der Waals surface area (Å²) in [6.45, 7) is 3.81. The van der Waals surface area contributed by atoms with Gasteiger partial charge in [-0.25, -0.2) is 9.37 Å². The Balaban J connectivity index is 1.72. The Morgan fingerprint density at radius 1 is 1.07 bits per heavy atom. The Kier molecular flexibility index (Phi) is 6.09. The first-order chi connectivity index (χ1) is 13.4. The molecule has 0 aliphatic rings. The van der Waals surface area contributed by atoms with E-state index in [-0.39, 0.29) is 17.2 Å². The number of nitrogens with zero attached hydrogens (tertiary/aromatic N) is 2. The summed E-state index contributed by atoms with van der Waals surface area (Å²) < 4.78 is 14.6. The zero-order chi connectivity index (χ0) is 20.3. The first-order valence-electron chi connectivity index (χ1n) is 8.99. The molecule has 4 nitrogen and oxygen atoms in total. The number of hydrogen-bond donors (Lipinski definition) is 0. The van der Waals surface area contributed by atoms with Crippen LogP contribution in [0.2, 0.25) is 0 Å². The van der Waals surface area contributed by atoms with Crippen molar-refractivity contribution in [2.24, 2.45) is 7.05 Å². The van der Waals surface area contributed by atoms with Gasteiger partial charge in [0.2, 0.25) is 0 Å². The highest BCUT2D eigenvalue weighted by Crippen LogP contribution is 2.21. The predicted molar refractivity (Wildman–Crippen MR) is 109 cm³/mol. The lowest BCUT2D eigenvalue weighted by molar-refractivity contribution is 0.103. The fraction of sp³-hybridized carbons (Fsp3) is 0.227. The number of halogens is 1. The van der Waals surface area contributed by atoms with E-state index in [0.717, 1.165) is 16.8 Å². The maximum atomic E-state index is 13.0. The number of aromatic nitrogens is 2. The van der Waals surface area contributed by atoms with E-state index in [1.54, 1.807) is 23.7 Å². The minimum atomic E-state index is -0.367. The molecule has 1 heterocycles. The van der Waals surface area contributed by atoms with Crippen molar-refractivity contribution in [3.05, 3.63) is 92.6 Å². The van der Waals surface area contributed by atoms with Crippen LogP contribution in [0.5, 0.6) is 0 Å². The normalized spacial score (nSPS) is 10.9. The molecule has 1 aromatic heterocycles. The molecule has 0 radical (unpaired) electrons. The predicted octanol–water partition coefficient (Wildman–Crippen LogP) is 4.31. The first kappa shape index (κ1) is 20.0. The molecule has 0 amide bonds. The van der Waals surface area contributed by atoms with E-state index < -0.39 is 0 Å². The third-order valence-electron chi connectivity index (χ3n) is 4.59. The third kappa shape index (κ3) is 4.22. The quantitative estimate of drug-likeness (QED) is 0.354. The smallest absolute Gasteiger partial charge is 0.257 e. The third-order valence-corrected chi connectivity index (χ3v) is 5.69. The maximum absolute atomic E-state index is 13.0. The Hall–Kier alpha value is -2.73. The molecule has 6 heteroatoms. The van der Waals surface area contributed by atoms with Crippen molar-refractivity contribution in [2.45, 2.75) is 31.2 Å². The van der Waals surface area contributed by atoms with Crippen LogP contribution < -0.4 is 5.56 Å². The molecule has 28 heavy (non-hydrogen) atoms. The number of carbonyl (C=O) groups is 1.